The lowest BCUT2D eigenvalue weighted by molar-refractivity contribution is -0.137. The molecule has 2 heterocycles. The summed E-state index contributed by atoms with van der Waals surface area (Å²) in [6, 6.07) is 11.3. The molecule has 4 nitrogen and oxygen atoms in total. The number of halogens is 4. The molecule has 2 aromatic carbocycles. The largest absolute Gasteiger partial charge is 0.416 e. The van der Waals surface area contributed by atoms with E-state index in [0.717, 1.165) is 17.9 Å². The van der Waals surface area contributed by atoms with Gasteiger partial charge in [-0.3, -0.25) is 9.59 Å². The average molecular weight is 469 g/mol. The summed E-state index contributed by atoms with van der Waals surface area (Å²) in [6.07, 6.45) is -3.37. The van der Waals surface area contributed by atoms with Crippen molar-refractivity contribution in [3.8, 4) is 0 Å². The highest BCUT2D eigenvalue weighted by Crippen LogP contribution is 2.45. The molecule has 164 valence electrons. The maximum absolute atomic E-state index is 13.1. The minimum Gasteiger partial charge on any atom is -0.338 e. The molecule has 0 atom stereocenters. The van der Waals surface area contributed by atoms with Crippen LogP contribution >= 0.6 is 23.4 Å². The van der Waals surface area contributed by atoms with Gasteiger partial charge in [0.2, 0.25) is 0 Å². The lowest BCUT2D eigenvalue weighted by atomic mass is 9.99. The molecule has 2 saturated heterocycles. The van der Waals surface area contributed by atoms with E-state index in [1.54, 1.807) is 40.9 Å². The fourth-order valence-corrected chi connectivity index (χ4v) is 5.80. The quantitative estimate of drug-likeness (QED) is 0.609. The van der Waals surface area contributed by atoms with Crippen LogP contribution in [0.3, 0.4) is 0 Å². The zero-order chi connectivity index (χ0) is 22.2. The van der Waals surface area contributed by atoms with Gasteiger partial charge in [0.15, 0.2) is 0 Å². The molecular formula is C22H20ClF3N2O2S. The van der Waals surface area contributed by atoms with Gasteiger partial charge in [-0.1, -0.05) is 23.7 Å². The first-order chi connectivity index (χ1) is 14.7. The van der Waals surface area contributed by atoms with Gasteiger partial charge in [-0.25, -0.2) is 0 Å². The van der Waals surface area contributed by atoms with Gasteiger partial charge in [-0.15, -0.1) is 11.8 Å². The summed E-state index contributed by atoms with van der Waals surface area (Å²) in [6.45, 7) is 1.36. The Morgan fingerprint density at radius 3 is 2.23 bits per heavy atom. The smallest absolute Gasteiger partial charge is 0.338 e. The SMILES string of the molecule is O=C(c1cccc(C(F)(F)F)c1)N1CCC2(CC1)SCCN2C(=O)c1cccc(Cl)c1. The fourth-order valence-electron chi connectivity index (χ4n) is 4.16. The van der Waals surface area contributed by atoms with E-state index >= 15 is 0 Å². The van der Waals surface area contributed by atoms with E-state index in [9.17, 15) is 22.8 Å². The minimum absolute atomic E-state index is 0.0247. The number of rotatable bonds is 2. The third-order valence-electron chi connectivity index (χ3n) is 5.76. The highest BCUT2D eigenvalue weighted by atomic mass is 35.5. The van der Waals surface area contributed by atoms with Crippen LogP contribution in [0.2, 0.25) is 5.02 Å². The first-order valence-corrected chi connectivity index (χ1v) is 11.2. The molecule has 2 aliphatic rings. The van der Waals surface area contributed by atoms with Crippen molar-refractivity contribution < 1.29 is 22.8 Å². The van der Waals surface area contributed by atoms with E-state index in [-0.39, 0.29) is 11.5 Å². The molecule has 1 spiro atoms. The van der Waals surface area contributed by atoms with Gasteiger partial charge in [-0.2, -0.15) is 13.2 Å². The Kier molecular flexibility index (Phi) is 5.96. The van der Waals surface area contributed by atoms with Crippen LogP contribution in [0, 0.1) is 0 Å². The maximum Gasteiger partial charge on any atom is 0.416 e. The number of likely N-dealkylation sites (tertiary alicyclic amines) is 1. The lowest BCUT2D eigenvalue weighted by Gasteiger charge is -2.44. The van der Waals surface area contributed by atoms with Gasteiger partial charge in [0.05, 0.1) is 10.4 Å². The van der Waals surface area contributed by atoms with Crippen molar-refractivity contribution in [2.45, 2.75) is 23.9 Å². The van der Waals surface area contributed by atoms with Crippen LogP contribution < -0.4 is 0 Å². The molecule has 31 heavy (non-hydrogen) atoms. The predicted octanol–water partition coefficient (Wildman–Crippen LogP) is 5.18. The molecule has 0 unspecified atom stereocenters. The van der Waals surface area contributed by atoms with E-state index in [1.165, 1.54) is 12.1 Å². The summed E-state index contributed by atoms with van der Waals surface area (Å²) in [5.74, 6) is 0.287. The van der Waals surface area contributed by atoms with Crippen LogP contribution in [0.4, 0.5) is 13.2 Å². The topological polar surface area (TPSA) is 40.6 Å². The molecule has 0 bridgehead atoms. The minimum atomic E-state index is -4.50. The Bertz CT molecular complexity index is 1010. The van der Waals surface area contributed by atoms with Gasteiger partial charge in [0, 0.05) is 41.5 Å². The molecule has 2 aromatic rings. The van der Waals surface area contributed by atoms with Crippen LogP contribution in [0.15, 0.2) is 48.5 Å². The number of benzene rings is 2. The normalized spacial score (nSPS) is 18.5. The van der Waals surface area contributed by atoms with Crippen LogP contribution in [-0.2, 0) is 6.18 Å². The van der Waals surface area contributed by atoms with Crippen molar-refractivity contribution in [3.05, 3.63) is 70.2 Å². The van der Waals surface area contributed by atoms with Crippen molar-refractivity contribution in [3.63, 3.8) is 0 Å². The second-order valence-corrected chi connectivity index (χ2v) is 9.53. The third kappa shape index (κ3) is 4.41. The average Bonchev–Trinajstić information content (AvgIpc) is 3.15. The standard InChI is InChI=1S/C22H20ClF3N2O2S/c23-18-6-2-4-16(14-18)20(30)28-11-12-31-21(28)7-9-27(10-8-21)19(29)15-3-1-5-17(13-15)22(24,25)26/h1-6,13-14H,7-12H2. The van der Waals surface area contributed by atoms with Crippen LogP contribution in [0.1, 0.15) is 39.1 Å². The first kappa shape index (κ1) is 22.0. The fraction of sp³-hybridized carbons (Fsp3) is 0.364. The lowest BCUT2D eigenvalue weighted by Crippen LogP contribution is -2.53. The van der Waals surface area contributed by atoms with Crippen LogP contribution in [0.5, 0.6) is 0 Å². The third-order valence-corrected chi connectivity index (χ3v) is 7.55. The highest BCUT2D eigenvalue weighted by molar-refractivity contribution is 8.00. The summed E-state index contributed by atoms with van der Waals surface area (Å²) in [7, 11) is 0. The molecule has 0 aromatic heterocycles. The van der Waals surface area contributed by atoms with Gasteiger partial charge < -0.3 is 9.80 Å². The Morgan fingerprint density at radius 2 is 1.58 bits per heavy atom. The van der Waals surface area contributed by atoms with E-state index in [0.29, 0.717) is 43.1 Å². The molecule has 2 amide bonds. The van der Waals surface area contributed by atoms with E-state index in [4.69, 9.17) is 11.6 Å². The molecule has 9 heteroatoms. The zero-order valence-corrected chi connectivity index (χ0v) is 18.1. The van der Waals surface area contributed by atoms with Crippen molar-refractivity contribution in [2.24, 2.45) is 0 Å². The van der Waals surface area contributed by atoms with E-state index < -0.39 is 22.5 Å². The van der Waals surface area contributed by atoms with Gasteiger partial charge >= 0.3 is 6.18 Å². The summed E-state index contributed by atoms with van der Waals surface area (Å²) < 4.78 is 39.0. The van der Waals surface area contributed by atoms with E-state index in [2.05, 4.69) is 0 Å². The Labute approximate surface area is 187 Å². The molecule has 0 saturated carbocycles. The second kappa shape index (κ2) is 8.39. The maximum atomic E-state index is 13.1. The number of alkyl halides is 3. The summed E-state index contributed by atoms with van der Waals surface area (Å²) in [5, 5.41) is 0.494. The molecule has 0 aliphatic carbocycles. The number of thioether (sulfide) groups is 1. The monoisotopic (exact) mass is 468 g/mol. The predicted molar refractivity (Wildman–Crippen MR) is 114 cm³/mol. The zero-order valence-electron chi connectivity index (χ0n) is 16.5. The first-order valence-electron chi connectivity index (χ1n) is 9.88. The Morgan fingerprint density at radius 1 is 0.935 bits per heavy atom. The van der Waals surface area contributed by atoms with Crippen molar-refractivity contribution >= 4 is 35.2 Å². The molecular weight excluding hydrogens is 449 g/mol. The van der Waals surface area contributed by atoms with E-state index in [1.807, 2.05) is 4.90 Å². The van der Waals surface area contributed by atoms with Crippen LogP contribution in [0.25, 0.3) is 0 Å². The number of nitrogens with zero attached hydrogens (tertiary/aromatic N) is 2. The number of amides is 2. The van der Waals surface area contributed by atoms with Gasteiger partial charge in [0.25, 0.3) is 11.8 Å². The van der Waals surface area contributed by atoms with Crippen molar-refractivity contribution in [1.29, 1.82) is 0 Å². The molecule has 0 radical (unpaired) electrons. The summed E-state index contributed by atoms with van der Waals surface area (Å²) >= 11 is 7.74. The number of hydrogen-bond donors (Lipinski definition) is 0. The molecule has 4 rings (SSSR count). The highest BCUT2D eigenvalue weighted by Gasteiger charge is 2.47. The van der Waals surface area contributed by atoms with Gasteiger partial charge in [0.1, 0.15) is 0 Å². The molecule has 2 fully saturated rings. The van der Waals surface area contributed by atoms with Crippen LogP contribution in [-0.4, -0.2) is 51.9 Å². The molecule has 2 aliphatic heterocycles. The van der Waals surface area contributed by atoms with Crippen molar-refractivity contribution in [2.75, 3.05) is 25.4 Å². The molecule has 0 N–H and O–H groups in total. The van der Waals surface area contributed by atoms with Crippen molar-refractivity contribution in [1.82, 2.24) is 9.80 Å². The Balaban J connectivity index is 1.47. The number of piperidine rings is 1. The second-order valence-electron chi connectivity index (χ2n) is 7.63. The number of carbonyl (C=O) groups excluding carboxylic acids is 2. The Hall–Kier alpha value is -2.19. The number of hydrogen-bond acceptors (Lipinski definition) is 3. The van der Waals surface area contributed by atoms with Gasteiger partial charge in [-0.05, 0) is 49.2 Å². The number of carbonyl (C=O) groups is 2. The summed E-state index contributed by atoms with van der Waals surface area (Å²) in [5.41, 5.74) is -0.287. The summed E-state index contributed by atoms with van der Waals surface area (Å²) in [4.78, 5) is 28.9.